The summed E-state index contributed by atoms with van der Waals surface area (Å²) in [7, 11) is 0. The fourth-order valence-corrected chi connectivity index (χ4v) is 3.49. The predicted molar refractivity (Wildman–Crippen MR) is 111 cm³/mol. The molecule has 4 rings (SSSR count). The number of aromatic amines is 1. The Morgan fingerprint density at radius 3 is 2.75 bits per heavy atom. The largest absolute Gasteiger partial charge is 0.327 e. The summed E-state index contributed by atoms with van der Waals surface area (Å²) in [6.45, 7) is 8.69. The molecule has 0 aliphatic heterocycles. The van der Waals surface area contributed by atoms with Crippen LogP contribution in [0.1, 0.15) is 24.4 Å². The first kappa shape index (κ1) is 18.0. The van der Waals surface area contributed by atoms with Crippen molar-refractivity contribution < 1.29 is 0 Å². The summed E-state index contributed by atoms with van der Waals surface area (Å²) < 4.78 is 4.11. The van der Waals surface area contributed by atoms with Crippen molar-refractivity contribution >= 4 is 0 Å². The Morgan fingerprint density at radius 2 is 2.04 bits per heavy atom. The van der Waals surface area contributed by atoms with Crippen molar-refractivity contribution in [1.82, 2.24) is 29.5 Å². The van der Waals surface area contributed by atoms with Gasteiger partial charge in [0.2, 0.25) is 0 Å². The van der Waals surface area contributed by atoms with E-state index in [0.29, 0.717) is 6.54 Å². The van der Waals surface area contributed by atoms with Crippen molar-refractivity contribution in [3.05, 3.63) is 79.2 Å². The van der Waals surface area contributed by atoms with Gasteiger partial charge in [0, 0.05) is 35.5 Å². The number of nitrogens with one attached hydrogen (secondary N) is 1. The molecule has 1 aromatic carbocycles. The van der Waals surface area contributed by atoms with E-state index in [2.05, 4.69) is 51.6 Å². The first-order valence-corrected chi connectivity index (χ1v) is 9.42. The molecule has 6 heteroatoms. The number of benzene rings is 1. The van der Waals surface area contributed by atoms with E-state index in [0.717, 1.165) is 40.3 Å². The normalized spacial score (nSPS) is 12.2. The van der Waals surface area contributed by atoms with E-state index in [4.69, 9.17) is 4.98 Å². The molecule has 1 N–H and O–H groups in total. The molecule has 28 heavy (non-hydrogen) atoms. The molecule has 0 bridgehead atoms. The third-order valence-corrected chi connectivity index (χ3v) is 4.80. The van der Waals surface area contributed by atoms with Gasteiger partial charge in [0.05, 0.1) is 36.2 Å². The number of rotatable bonds is 7. The lowest BCUT2D eigenvalue weighted by Gasteiger charge is -2.16. The second-order valence-electron chi connectivity index (χ2n) is 7.05. The minimum atomic E-state index is 0.199. The quantitative estimate of drug-likeness (QED) is 0.488. The van der Waals surface area contributed by atoms with Crippen molar-refractivity contribution in [2.45, 2.75) is 32.9 Å². The zero-order valence-electron chi connectivity index (χ0n) is 16.2. The van der Waals surface area contributed by atoms with E-state index in [1.807, 2.05) is 54.6 Å². The number of allylic oxidation sites excluding steroid dienone is 1. The Kier molecular flexibility index (Phi) is 4.93. The molecule has 0 radical (unpaired) electrons. The highest BCUT2D eigenvalue weighted by atomic mass is 15.3. The second-order valence-corrected chi connectivity index (χ2v) is 7.05. The summed E-state index contributed by atoms with van der Waals surface area (Å²) in [5.41, 5.74) is 6.29. The molecule has 3 aromatic heterocycles. The first-order valence-electron chi connectivity index (χ1n) is 9.42. The van der Waals surface area contributed by atoms with Crippen LogP contribution < -0.4 is 0 Å². The van der Waals surface area contributed by atoms with Crippen LogP contribution in [0.4, 0.5) is 0 Å². The van der Waals surface area contributed by atoms with Crippen molar-refractivity contribution in [2.75, 3.05) is 0 Å². The Morgan fingerprint density at radius 1 is 1.21 bits per heavy atom. The van der Waals surface area contributed by atoms with Gasteiger partial charge in [-0.05, 0) is 19.9 Å². The minimum absolute atomic E-state index is 0.199. The number of hydrogen-bond donors (Lipinski definition) is 1. The molecule has 0 spiro atoms. The Labute approximate surface area is 164 Å². The average molecular weight is 372 g/mol. The number of hydrogen-bond acceptors (Lipinski definition) is 3. The van der Waals surface area contributed by atoms with Crippen LogP contribution in [-0.4, -0.2) is 29.5 Å². The lowest BCUT2D eigenvalue weighted by molar-refractivity contribution is 0.542. The summed E-state index contributed by atoms with van der Waals surface area (Å²) in [5.74, 6) is 0. The second kappa shape index (κ2) is 7.68. The van der Waals surface area contributed by atoms with Crippen LogP contribution in [-0.2, 0) is 13.0 Å². The van der Waals surface area contributed by atoms with E-state index < -0.39 is 0 Å². The van der Waals surface area contributed by atoms with Gasteiger partial charge in [0.1, 0.15) is 0 Å². The Hall–Kier alpha value is -3.41. The summed E-state index contributed by atoms with van der Waals surface area (Å²) >= 11 is 0. The van der Waals surface area contributed by atoms with Crippen LogP contribution in [0, 0.1) is 6.92 Å². The molecule has 4 aromatic rings. The Bertz CT molecular complexity index is 1070. The van der Waals surface area contributed by atoms with E-state index in [9.17, 15) is 0 Å². The fourth-order valence-electron chi connectivity index (χ4n) is 3.49. The molecule has 3 heterocycles. The highest BCUT2D eigenvalue weighted by molar-refractivity contribution is 5.78. The average Bonchev–Trinajstić information content (AvgIpc) is 3.42. The predicted octanol–water partition coefficient (Wildman–Crippen LogP) is 4.43. The van der Waals surface area contributed by atoms with Crippen LogP contribution in [0.3, 0.4) is 0 Å². The van der Waals surface area contributed by atoms with Gasteiger partial charge in [-0.2, -0.15) is 10.2 Å². The molecule has 142 valence electrons. The Balaban J connectivity index is 1.77. The molecule has 0 aliphatic rings. The molecular formula is C22H24N6. The first-order chi connectivity index (χ1) is 13.7. The third kappa shape index (κ3) is 3.53. The van der Waals surface area contributed by atoms with Crippen molar-refractivity contribution in [3.8, 4) is 22.5 Å². The van der Waals surface area contributed by atoms with Gasteiger partial charge in [-0.3, -0.25) is 9.78 Å². The monoisotopic (exact) mass is 372 g/mol. The summed E-state index contributed by atoms with van der Waals surface area (Å²) in [4.78, 5) is 4.76. The maximum atomic E-state index is 4.76. The van der Waals surface area contributed by atoms with E-state index >= 15 is 0 Å². The molecule has 0 amide bonds. The highest BCUT2D eigenvalue weighted by Gasteiger charge is 2.20. The van der Waals surface area contributed by atoms with Crippen LogP contribution >= 0.6 is 0 Å². The summed E-state index contributed by atoms with van der Waals surface area (Å²) in [6.07, 6.45) is 8.53. The fraction of sp³-hybridized carbons (Fsp3) is 0.227. The maximum Gasteiger partial charge on any atom is 0.0964 e. The highest BCUT2D eigenvalue weighted by Crippen LogP contribution is 2.33. The molecule has 0 saturated heterocycles. The molecule has 1 atom stereocenters. The number of imidazole rings is 1. The SMILES string of the molecule is C=CCn1cc(-c2c(-c3ccccc3)ncn2[C@@H](C)Cc2cc(C)[nH]n2)cn1. The van der Waals surface area contributed by atoms with Gasteiger partial charge in [-0.25, -0.2) is 4.98 Å². The van der Waals surface area contributed by atoms with Crippen LogP contribution in [0.15, 0.2) is 67.8 Å². The van der Waals surface area contributed by atoms with Gasteiger partial charge in [0.15, 0.2) is 0 Å². The standard InChI is InChI=1S/C22H24N6/c1-4-10-27-14-19(13-24-27)22-21(18-8-6-5-7-9-18)23-15-28(22)17(3)12-20-11-16(2)25-26-20/h4-9,11,13-15,17H,1,10,12H2,2-3H3,(H,25,26)/t17-/m0/s1. The van der Waals surface area contributed by atoms with Crippen LogP contribution in [0.2, 0.25) is 0 Å². The summed E-state index contributed by atoms with van der Waals surface area (Å²) in [6, 6.07) is 12.6. The number of aryl methyl sites for hydroxylation is 1. The molecular weight excluding hydrogens is 348 g/mol. The van der Waals surface area contributed by atoms with Gasteiger partial charge in [-0.1, -0.05) is 36.4 Å². The molecule has 0 aliphatic carbocycles. The van der Waals surface area contributed by atoms with Gasteiger partial charge in [-0.15, -0.1) is 6.58 Å². The molecule has 0 unspecified atom stereocenters. The van der Waals surface area contributed by atoms with Gasteiger partial charge < -0.3 is 4.57 Å². The van der Waals surface area contributed by atoms with E-state index in [-0.39, 0.29) is 6.04 Å². The number of aromatic nitrogens is 6. The van der Waals surface area contributed by atoms with E-state index in [1.54, 1.807) is 0 Å². The van der Waals surface area contributed by atoms with E-state index in [1.165, 1.54) is 0 Å². The van der Waals surface area contributed by atoms with Gasteiger partial charge in [0.25, 0.3) is 0 Å². The van der Waals surface area contributed by atoms with Crippen molar-refractivity contribution in [2.24, 2.45) is 0 Å². The van der Waals surface area contributed by atoms with Crippen molar-refractivity contribution in [3.63, 3.8) is 0 Å². The zero-order valence-corrected chi connectivity index (χ0v) is 16.2. The van der Waals surface area contributed by atoms with Crippen molar-refractivity contribution in [1.29, 1.82) is 0 Å². The van der Waals surface area contributed by atoms with Crippen LogP contribution in [0.5, 0.6) is 0 Å². The topological polar surface area (TPSA) is 64.3 Å². The maximum absolute atomic E-state index is 4.76. The lowest BCUT2D eigenvalue weighted by Crippen LogP contribution is -2.09. The summed E-state index contributed by atoms with van der Waals surface area (Å²) in [5, 5.41) is 11.9. The smallest absolute Gasteiger partial charge is 0.0964 e. The number of H-pyrrole nitrogens is 1. The lowest BCUT2D eigenvalue weighted by atomic mass is 10.1. The van der Waals surface area contributed by atoms with Gasteiger partial charge >= 0.3 is 0 Å². The zero-order chi connectivity index (χ0) is 19.5. The molecule has 0 fully saturated rings. The minimum Gasteiger partial charge on any atom is -0.327 e. The molecule has 0 saturated carbocycles. The molecule has 6 nitrogen and oxygen atoms in total. The third-order valence-electron chi connectivity index (χ3n) is 4.80. The number of nitrogens with zero attached hydrogens (tertiary/aromatic N) is 5. The van der Waals surface area contributed by atoms with Crippen LogP contribution in [0.25, 0.3) is 22.5 Å².